The fourth-order valence-electron chi connectivity index (χ4n) is 7.74. The van der Waals surface area contributed by atoms with Crippen molar-refractivity contribution in [3.63, 3.8) is 0 Å². The number of hydrogen-bond donors (Lipinski definition) is 0. The van der Waals surface area contributed by atoms with Crippen LogP contribution >= 0.6 is 0 Å². The monoisotopic (exact) mass is 388 g/mol. The van der Waals surface area contributed by atoms with E-state index in [4.69, 9.17) is 9.47 Å². The fraction of sp³-hybridized carbons (Fsp3) is 0.833. The van der Waals surface area contributed by atoms with Crippen LogP contribution in [0.2, 0.25) is 0 Å². The number of rotatable bonds is 4. The highest BCUT2D eigenvalue weighted by molar-refractivity contribution is 5.91. The molecule has 4 rings (SSSR count). The highest BCUT2D eigenvalue weighted by atomic mass is 16.7. The van der Waals surface area contributed by atoms with Crippen LogP contribution in [0.5, 0.6) is 0 Å². The Balaban J connectivity index is 1.68. The Morgan fingerprint density at radius 3 is 2.50 bits per heavy atom. The summed E-state index contributed by atoms with van der Waals surface area (Å²) in [5.74, 6) is 2.23. The van der Waals surface area contributed by atoms with E-state index < -0.39 is 5.60 Å². The lowest BCUT2D eigenvalue weighted by Crippen LogP contribution is -2.59. The molecule has 0 saturated heterocycles. The first-order valence-corrected chi connectivity index (χ1v) is 11.1. The number of carbonyl (C=O) groups is 2. The van der Waals surface area contributed by atoms with Gasteiger partial charge in [-0.15, -0.1) is 0 Å². The molecule has 4 heteroatoms. The molecule has 0 aromatic heterocycles. The molecule has 4 nitrogen and oxygen atoms in total. The van der Waals surface area contributed by atoms with Gasteiger partial charge >= 0.3 is 0 Å². The number of allylic oxidation sites excluding steroid dienone is 1. The fourth-order valence-corrected chi connectivity index (χ4v) is 7.74. The van der Waals surface area contributed by atoms with Gasteiger partial charge in [-0.05, 0) is 88.0 Å². The number of fused-ring (bicyclic) bond motifs is 5. The molecule has 0 aliphatic heterocycles. The lowest BCUT2D eigenvalue weighted by molar-refractivity contribution is -0.232. The zero-order valence-electron chi connectivity index (χ0n) is 18.2. The van der Waals surface area contributed by atoms with Crippen molar-refractivity contribution < 1.29 is 19.1 Å². The normalized spacial score (nSPS) is 46.2. The number of carbonyl (C=O) groups excluding carboxylic acids is 2. The van der Waals surface area contributed by atoms with Crippen LogP contribution in [0.4, 0.5) is 0 Å². The molecule has 0 radical (unpaired) electrons. The van der Waals surface area contributed by atoms with Crippen LogP contribution in [0.3, 0.4) is 0 Å². The Bertz CT molecular complexity index is 711. The van der Waals surface area contributed by atoms with Crippen LogP contribution in [0.1, 0.15) is 79.1 Å². The van der Waals surface area contributed by atoms with E-state index in [-0.39, 0.29) is 22.9 Å². The third-order valence-electron chi connectivity index (χ3n) is 9.35. The predicted octanol–water partition coefficient (Wildman–Crippen LogP) is 4.86. The topological polar surface area (TPSA) is 52.6 Å². The van der Waals surface area contributed by atoms with Crippen LogP contribution in [0, 0.1) is 28.6 Å². The average Bonchev–Trinajstić information content (AvgIpc) is 2.95. The summed E-state index contributed by atoms with van der Waals surface area (Å²) in [6.07, 6.45) is 9.47. The zero-order chi connectivity index (χ0) is 20.3. The van der Waals surface area contributed by atoms with Crippen molar-refractivity contribution in [2.24, 2.45) is 28.6 Å². The van der Waals surface area contributed by atoms with Crippen molar-refractivity contribution in [3.8, 4) is 0 Å². The van der Waals surface area contributed by atoms with E-state index in [0.29, 0.717) is 30.0 Å². The molecule has 4 aliphatic rings. The molecule has 7 atom stereocenters. The minimum absolute atomic E-state index is 0.130. The van der Waals surface area contributed by atoms with E-state index >= 15 is 0 Å². The molecule has 0 aromatic carbocycles. The lowest BCUT2D eigenvalue weighted by Gasteiger charge is -2.59. The third kappa shape index (κ3) is 2.63. The first-order chi connectivity index (χ1) is 13.2. The van der Waals surface area contributed by atoms with Crippen LogP contribution in [0.25, 0.3) is 0 Å². The summed E-state index contributed by atoms with van der Waals surface area (Å²) >= 11 is 0. The predicted molar refractivity (Wildman–Crippen MR) is 108 cm³/mol. The molecule has 1 unspecified atom stereocenters. The molecule has 28 heavy (non-hydrogen) atoms. The van der Waals surface area contributed by atoms with Gasteiger partial charge in [-0.1, -0.05) is 19.4 Å². The number of ketones is 2. The van der Waals surface area contributed by atoms with Gasteiger partial charge in [0.1, 0.15) is 5.60 Å². The molecule has 0 aromatic rings. The first-order valence-electron chi connectivity index (χ1n) is 11.1. The van der Waals surface area contributed by atoms with Crippen molar-refractivity contribution in [2.45, 2.75) is 91.0 Å². The van der Waals surface area contributed by atoms with Crippen LogP contribution in [0.15, 0.2) is 11.6 Å². The summed E-state index contributed by atoms with van der Waals surface area (Å²) in [5, 5.41) is 0. The standard InChI is InChI=1S/C24H36O4/c1-15(25)24(28-16(2)27-5)13-10-21-19-7-6-17-14-18(26)8-11-22(17,3)20(19)9-12-23(21,24)4/h14,16,19-21H,6-13H2,1-5H3/t16?,19-,20+,21+,22+,23+,24+/m1/s1. The van der Waals surface area contributed by atoms with Crippen LogP contribution in [-0.4, -0.2) is 30.6 Å². The van der Waals surface area contributed by atoms with Crippen molar-refractivity contribution in [1.82, 2.24) is 0 Å². The molecular formula is C24H36O4. The summed E-state index contributed by atoms with van der Waals surface area (Å²) < 4.78 is 11.8. The van der Waals surface area contributed by atoms with Gasteiger partial charge in [0, 0.05) is 18.9 Å². The minimum atomic E-state index is -0.725. The number of ether oxygens (including phenoxy) is 2. The molecular weight excluding hydrogens is 352 g/mol. The van der Waals surface area contributed by atoms with Gasteiger partial charge in [0.15, 0.2) is 17.9 Å². The molecule has 0 bridgehead atoms. The summed E-state index contributed by atoms with van der Waals surface area (Å²) in [6.45, 7) is 8.31. The highest BCUT2D eigenvalue weighted by Crippen LogP contribution is 2.68. The molecule has 156 valence electrons. The number of methoxy groups -OCH3 is 1. The Kier molecular flexibility index (Phi) is 4.90. The minimum Gasteiger partial charge on any atom is -0.356 e. The molecule has 4 aliphatic carbocycles. The van der Waals surface area contributed by atoms with Gasteiger partial charge in [-0.2, -0.15) is 0 Å². The van der Waals surface area contributed by atoms with E-state index in [1.807, 2.05) is 13.0 Å². The zero-order valence-corrected chi connectivity index (χ0v) is 18.2. The van der Waals surface area contributed by atoms with E-state index in [0.717, 1.165) is 44.9 Å². The highest BCUT2D eigenvalue weighted by Gasteiger charge is 2.67. The summed E-state index contributed by atoms with van der Waals surface area (Å²) in [4.78, 5) is 24.9. The first kappa shape index (κ1) is 20.3. The Labute approximate surface area is 169 Å². The van der Waals surface area contributed by atoms with Crippen molar-refractivity contribution >= 4 is 11.6 Å². The van der Waals surface area contributed by atoms with Crippen LogP contribution in [-0.2, 0) is 19.1 Å². The van der Waals surface area contributed by atoms with E-state index in [2.05, 4.69) is 13.8 Å². The van der Waals surface area contributed by atoms with Crippen molar-refractivity contribution in [2.75, 3.05) is 7.11 Å². The number of Topliss-reactive ketones (excluding diaryl/α,β-unsaturated/α-hetero) is 1. The van der Waals surface area contributed by atoms with Gasteiger partial charge < -0.3 is 9.47 Å². The third-order valence-corrected chi connectivity index (χ3v) is 9.35. The van der Waals surface area contributed by atoms with E-state index in [9.17, 15) is 9.59 Å². The van der Waals surface area contributed by atoms with Crippen molar-refractivity contribution in [1.29, 1.82) is 0 Å². The molecule has 0 heterocycles. The Morgan fingerprint density at radius 1 is 1.11 bits per heavy atom. The van der Waals surface area contributed by atoms with Gasteiger partial charge in [0.25, 0.3) is 0 Å². The molecule has 0 amide bonds. The van der Waals surface area contributed by atoms with Gasteiger partial charge in [-0.25, -0.2) is 0 Å². The largest absolute Gasteiger partial charge is 0.356 e. The maximum Gasteiger partial charge on any atom is 0.162 e. The Morgan fingerprint density at radius 2 is 1.82 bits per heavy atom. The lowest BCUT2D eigenvalue weighted by atomic mass is 9.46. The second-order valence-corrected chi connectivity index (χ2v) is 10.3. The summed E-state index contributed by atoms with van der Waals surface area (Å²) in [5.41, 5.74) is 0.709. The van der Waals surface area contributed by atoms with Gasteiger partial charge in [0.2, 0.25) is 0 Å². The maximum atomic E-state index is 12.9. The molecule has 0 spiro atoms. The van der Waals surface area contributed by atoms with E-state index in [1.54, 1.807) is 14.0 Å². The smallest absolute Gasteiger partial charge is 0.162 e. The maximum absolute atomic E-state index is 12.9. The Hall–Kier alpha value is -1.00. The SMILES string of the molecule is COC(C)O[C@]1(C(C)=O)CC[C@H]2[C@@H]3CCC4=CC(=O)CC[C@]4(C)[C@H]3CC[C@@]21C. The van der Waals surface area contributed by atoms with Crippen molar-refractivity contribution in [3.05, 3.63) is 11.6 Å². The summed E-state index contributed by atoms with van der Waals surface area (Å²) in [7, 11) is 1.64. The van der Waals surface area contributed by atoms with Crippen LogP contribution < -0.4 is 0 Å². The quantitative estimate of drug-likeness (QED) is 0.646. The summed E-state index contributed by atoms with van der Waals surface area (Å²) in [6, 6.07) is 0. The molecule has 3 saturated carbocycles. The number of hydrogen-bond acceptors (Lipinski definition) is 4. The second kappa shape index (κ2) is 6.77. The van der Waals surface area contributed by atoms with Gasteiger partial charge in [0.05, 0.1) is 0 Å². The van der Waals surface area contributed by atoms with Gasteiger partial charge in [-0.3, -0.25) is 9.59 Å². The molecule has 0 N–H and O–H groups in total. The molecule has 3 fully saturated rings. The second-order valence-electron chi connectivity index (χ2n) is 10.3. The average molecular weight is 389 g/mol. The van der Waals surface area contributed by atoms with E-state index in [1.165, 1.54) is 5.57 Å².